The molecule has 0 radical (unpaired) electrons. The molecule has 3 rings (SSSR count). The van der Waals surface area contributed by atoms with Crippen LogP contribution in [0.2, 0.25) is 0 Å². The molecule has 0 nitrogen and oxygen atoms in total. The fraction of sp³-hybridized carbons (Fsp3) is 0.333. The van der Waals surface area contributed by atoms with E-state index in [1.807, 2.05) is 12.1 Å². The Labute approximate surface area is 118 Å². The summed E-state index contributed by atoms with van der Waals surface area (Å²) in [5.41, 5.74) is 1.72. The Morgan fingerprint density at radius 2 is 1.20 bits per heavy atom. The van der Waals surface area contributed by atoms with Gasteiger partial charge in [0.2, 0.25) is 0 Å². The average Bonchev–Trinajstić information content (AvgIpc) is 2.48. The van der Waals surface area contributed by atoms with Crippen molar-refractivity contribution in [3.63, 3.8) is 0 Å². The smallest absolute Gasteiger partial charge is 0.123 e. The molecule has 0 bridgehead atoms. The highest BCUT2D eigenvalue weighted by molar-refractivity contribution is 5.40. The zero-order chi connectivity index (χ0) is 14.0. The van der Waals surface area contributed by atoms with Crippen molar-refractivity contribution < 1.29 is 8.78 Å². The highest BCUT2D eigenvalue weighted by atomic mass is 19.1. The molecule has 0 aromatic heterocycles. The van der Waals surface area contributed by atoms with Crippen molar-refractivity contribution in [2.75, 3.05) is 0 Å². The first kappa shape index (κ1) is 13.3. The molecule has 2 heteroatoms. The average molecular weight is 272 g/mol. The molecule has 0 unspecified atom stereocenters. The molecule has 0 atom stereocenters. The first-order chi connectivity index (χ1) is 9.71. The topological polar surface area (TPSA) is 0 Å². The van der Waals surface area contributed by atoms with Crippen LogP contribution in [0, 0.1) is 11.6 Å². The molecule has 1 saturated carbocycles. The standard InChI is InChI=1S/C18H18F2/c19-16-8-4-6-14(12-16)18(10-2-1-3-11-18)15-7-5-9-17(20)13-15/h4-9,12-13H,1-3,10-11H2. The summed E-state index contributed by atoms with van der Waals surface area (Å²) in [5, 5.41) is 0. The molecule has 1 aliphatic carbocycles. The van der Waals surface area contributed by atoms with Gasteiger partial charge in [0.15, 0.2) is 0 Å². The van der Waals surface area contributed by atoms with E-state index in [1.165, 1.54) is 18.6 Å². The SMILES string of the molecule is Fc1cccc(C2(c3cccc(F)c3)CCCCC2)c1. The Balaban J connectivity index is 2.13. The second-order valence-corrected chi connectivity index (χ2v) is 5.66. The molecule has 2 aromatic rings. The van der Waals surface area contributed by atoms with Gasteiger partial charge in [-0.25, -0.2) is 8.78 Å². The van der Waals surface area contributed by atoms with Crippen molar-refractivity contribution in [1.29, 1.82) is 0 Å². The summed E-state index contributed by atoms with van der Waals surface area (Å²) >= 11 is 0. The second-order valence-electron chi connectivity index (χ2n) is 5.66. The Bertz CT molecular complexity index is 550. The van der Waals surface area contributed by atoms with Crippen molar-refractivity contribution >= 4 is 0 Å². The van der Waals surface area contributed by atoms with E-state index in [0.717, 1.165) is 36.8 Å². The predicted molar refractivity (Wildman–Crippen MR) is 76.7 cm³/mol. The van der Waals surface area contributed by atoms with E-state index in [4.69, 9.17) is 0 Å². The lowest BCUT2D eigenvalue weighted by atomic mass is 9.65. The van der Waals surface area contributed by atoms with Crippen LogP contribution in [-0.2, 0) is 5.41 Å². The van der Waals surface area contributed by atoms with Gasteiger partial charge in [-0.15, -0.1) is 0 Å². The molecule has 1 aliphatic rings. The van der Waals surface area contributed by atoms with Crippen molar-refractivity contribution in [2.24, 2.45) is 0 Å². The monoisotopic (exact) mass is 272 g/mol. The maximum Gasteiger partial charge on any atom is 0.123 e. The predicted octanol–water partition coefficient (Wildman–Crippen LogP) is 5.22. The summed E-state index contributed by atoms with van der Waals surface area (Å²) in [7, 11) is 0. The third kappa shape index (κ3) is 2.35. The quantitative estimate of drug-likeness (QED) is 0.703. The third-order valence-electron chi connectivity index (χ3n) is 4.46. The van der Waals surface area contributed by atoms with E-state index >= 15 is 0 Å². The molecule has 2 aromatic carbocycles. The number of rotatable bonds is 2. The molecule has 104 valence electrons. The van der Waals surface area contributed by atoms with Crippen LogP contribution in [0.25, 0.3) is 0 Å². The van der Waals surface area contributed by atoms with E-state index in [-0.39, 0.29) is 17.0 Å². The van der Waals surface area contributed by atoms with E-state index < -0.39 is 0 Å². The minimum Gasteiger partial charge on any atom is -0.207 e. The molecule has 0 spiro atoms. The Hall–Kier alpha value is -1.70. The van der Waals surface area contributed by atoms with Gasteiger partial charge in [-0.1, -0.05) is 43.5 Å². The highest BCUT2D eigenvalue weighted by Gasteiger charge is 2.36. The lowest BCUT2D eigenvalue weighted by molar-refractivity contribution is 0.344. The zero-order valence-electron chi connectivity index (χ0n) is 11.4. The van der Waals surface area contributed by atoms with E-state index in [9.17, 15) is 8.78 Å². The third-order valence-corrected chi connectivity index (χ3v) is 4.46. The van der Waals surface area contributed by atoms with Gasteiger partial charge in [0.05, 0.1) is 0 Å². The maximum atomic E-state index is 13.6. The van der Waals surface area contributed by atoms with Gasteiger partial charge < -0.3 is 0 Å². The first-order valence-electron chi connectivity index (χ1n) is 7.23. The summed E-state index contributed by atoms with van der Waals surface area (Å²) in [4.78, 5) is 0. The van der Waals surface area contributed by atoms with Crippen LogP contribution >= 0.6 is 0 Å². The first-order valence-corrected chi connectivity index (χ1v) is 7.23. The molecule has 0 aliphatic heterocycles. The van der Waals surface area contributed by atoms with Gasteiger partial charge in [-0.2, -0.15) is 0 Å². The lowest BCUT2D eigenvalue weighted by Crippen LogP contribution is -2.30. The second kappa shape index (κ2) is 5.35. The van der Waals surface area contributed by atoms with Gasteiger partial charge in [0.25, 0.3) is 0 Å². The summed E-state index contributed by atoms with van der Waals surface area (Å²) < 4.78 is 27.2. The summed E-state index contributed by atoms with van der Waals surface area (Å²) in [6.07, 6.45) is 5.33. The molecule has 0 heterocycles. The maximum absolute atomic E-state index is 13.6. The van der Waals surface area contributed by atoms with Crippen LogP contribution in [0.15, 0.2) is 48.5 Å². The van der Waals surface area contributed by atoms with Gasteiger partial charge in [0.1, 0.15) is 11.6 Å². The van der Waals surface area contributed by atoms with Crippen LogP contribution in [0.4, 0.5) is 8.78 Å². The van der Waals surface area contributed by atoms with Crippen molar-refractivity contribution in [2.45, 2.75) is 37.5 Å². The largest absolute Gasteiger partial charge is 0.207 e. The Kier molecular flexibility index (Phi) is 3.56. The Morgan fingerprint density at radius 3 is 1.65 bits per heavy atom. The number of hydrogen-bond acceptors (Lipinski definition) is 0. The van der Waals surface area contributed by atoms with Gasteiger partial charge >= 0.3 is 0 Å². The molecule has 20 heavy (non-hydrogen) atoms. The highest BCUT2D eigenvalue weighted by Crippen LogP contribution is 2.45. The van der Waals surface area contributed by atoms with E-state index in [0.29, 0.717) is 0 Å². The molecule has 0 amide bonds. The van der Waals surface area contributed by atoms with Crippen molar-refractivity contribution in [3.05, 3.63) is 71.3 Å². The van der Waals surface area contributed by atoms with Crippen molar-refractivity contribution in [1.82, 2.24) is 0 Å². The summed E-state index contributed by atoms with van der Waals surface area (Å²) in [5.74, 6) is -0.437. The molecule has 1 fully saturated rings. The van der Waals surface area contributed by atoms with E-state index in [1.54, 1.807) is 24.3 Å². The minimum absolute atomic E-state index is 0.219. The van der Waals surface area contributed by atoms with Gasteiger partial charge in [-0.3, -0.25) is 0 Å². The van der Waals surface area contributed by atoms with Crippen LogP contribution in [0.3, 0.4) is 0 Å². The van der Waals surface area contributed by atoms with Crippen LogP contribution < -0.4 is 0 Å². The number of benzene rings is 2. The lowest BCUT2D eigenvalue weighted by Gasteiger charge is -2.38. The summed E-state index contributed by atoms with van der Waals surface area (Å²) in [6.45, 7) is 0. The molecule has 0 N–H and O–H groups in total. The van der Waals surface area contributed by atoms with E-state index in [2.05, 4.69) is 0 Å². The van der Waals surface area contributed by atoms with Crippen LogP contribution in [0.5, 0.6) is 0 Å². The van der Waals surface area contributed by atoms with Gasteiger partial charge in [-0.05, 0) is 48.2 Å². The van der Waals surface area contributed by atoms with Crippen LogP contribution in [0.1, 0.15) is 43.2 Å². The van der Waals surface area contributed by atoms with Gasteiger partial charge in [0, 0.05) is 5.41 Å². The summed E-state index contributed by atoms with van der Waals surface area (Å²) in [6, 6.07) is 13.6. The Morgan fingerprint density at radius 1 is 0.700 bits per heavy atom. The number of halogens is 2. The fourth-order valence-corrected chi connectivity index (χ4v) is 3.47. The molecular weight excluding hydrogens is 254 g/mol. The fourth-order valence-electron chi connectivity index (χ4n) is 3.47. The zero-order valence-corrected chi connectivity index (χ0v) is 11.4. The molecule has 0 saturated heterocycles. The minimum atomic E-state index is -0.234. The number of hydrogen-bond donors (Lipinski definition) is 0. The molecular formula is C18H18F2. The van der Waals surface area contributed by atoms with Crippen molar-refractivity contribution in [3.8, 4) is 0 Å². The normalized spacial score (nSPS) is 17.9. The van der Waals surface area contributed by atoms with Crippen LogP contribution in [-0.4, -0.2) is 0 Å².